The second kappa shape index (κ2) is 26.7. The maximum atomic E-state index is 13.7. The normalized spacial score (nSPS) is 27.8. The lowest BCUT2D eigenvalue weighted by Gasteiger charge is -2.42. The summed E-state index contributed by atoms with van der Waals surface area (Å²) in [7, 11) is 2.64. The molecule has 0 aromatic heterocycles. The largest absolute Gasteiger partial charge is 0.507 e. The number of rotatable bonds is 12. The van der Waals surface area contributed by atoms with Gasteiger partial charge in [-0.3, -0.25) is 28.8 Å². The number of phenols is 4. The summed E-state index contributed by atoms with van der Waals surface area (Å²) in [5, 5.41) is 108. The standard InChI is InChI=1S/C30H32O12.C27H29NO11.CH3I.ClH.H2S/c1-12(32)7-14-8-20(41-13(2)25(14)34)42-18-10-30(39,19(33)11-31)9-16-22(18)29(38)24-23(27(16)36)26(35)15-5-4-6-17(40-3)21(15)28(24)37;1-10-22(31)13(28)6-17(38-10)39-15-8-27(36,16(30)9-29)7-12-19(15)26(35)21-20(24(12)33)23(32)11-4-3-5-14(37-2)18(11)25(21)34;1-2;;/h4-6,13-14,18,20,25,31,34,36,38-39H,7-11H2,1-3H3;3-5,10,13,15,17,22,29,31,33,35-36H,6-9,28H2,1-2H3;1H3;1H;1H2/t13-,14-,18-,20-,25+,30-;10-,13-,15-,17-,22+,27-;;;/m00.../s1. The van der Waals surface area contributed by atoms with Gasteiger partial charge in [-0.1, -0.05) is 46.9 Å². The third-order valence-electron chi connectivity index (χ3n) is 16.2. The Morgan fingerprint density at radius 1 is 0.624 bits per heavy atom. The first-order chi connectivity index (χ1) is 39.2. The fraction of sp³-hybridized carbons (Fsp3) is 0.466. The highest BCUT2D eigenvalue weighted by Crippen LogP contribution is 2.55. The summed E-state index contributed by atoms with van der Waals surface area (Å²) in [4.78, 5) is 93.5. The van der Waals surface area contributed by atoms with E-state index < -0.39 is 191 Å². The van der Waals surface area contributed by atoms with Gasteiger partial charge in [0.05, 0.1) is 84.2 Å². The smallest absolute Gasteiger partial charge is 0.202 e. The molecule has 0 radical (unpaired) electrons. The molecule has 4 aromatic rings. The Labute approximate surface area is 513 Å². The molecular formula is C58H67ClINO23S. The van der Waals surface area contributed by atoms with Crippen LogP contribution >= 0.6 is 48.5 Å². The molecule has 0 amide bonds. The topological polar surface area (TPSA) is 403 Å². The quantitative estimate of drug-likeness (QED) is 0.0477. The molecule has 4 aliphatic carbocycles. The number of ether oxygens (including phenoxy) is 6. The highest BCUT2D eigenvalue weighted by molar-refractivity contribution is 14.1. The Morgan fingerprint density at radius 3 is 1.36 bits per heavy atom. The Morgan fingerprint density at radius 2 is 1.00 bits per heavy atom. The first kappa shape index (κ1) is 68.4. The van der Waals surface area contributed by atoms with Crippen molar-refractivity contribution in [1.82, 2.24) is 0 Å². The molecule has 0 bridgehead atoms. The second-order valence-electron chi connectivity index (χ2n) is 21.3. The molecule has 27 heteroatoms. The lowest BCUT2D eigenvalue weighted by molar-refractivity contribution is -0.257. The van der Waals surface area contributed by atoms with Gasteiger partial charge in [-0.15, -0.1) is 12.4 Å². The molecule has 2 saturated heterocycles. The molecule has 4 aromatic carbocycles. The van der Waals surface area contributed by atoms with E-state index in [1.54, 1.807) is 13.8 Å². The number of benzene rings is 4. The molecule has 24 nitrogen and oxygen atoms in total. The van der Waals surface area contributed by atoms with Crippen LogP contribution in [-0.2, 0) is 46.2 Å². The van der Waals surface area contributed by atoms with Gasteiger partial charge in [0.1, 0.15) is 64.7 Å². The summed E-state index contributed by atoms with van der Waals surface area (Å²) < 4.78 is 34.2. The predicted octanol–water partition coefficient (Wildman–Crippen LogP) is 2.86. The average Bonchev–Trinajstić information content (AvgIpc) is 0.778. The molecule has 6 aliphatic rings. The van der Waals surface area contributed by atoms with Crippen molar-refractivity contribution in [3.05, 3.63) is 103 Å². The van der Waals surface area contributed by atoms with Gasteiger partial charge in [-0.05, 0) is 43.8 Å². The minimum absolute atomic E-state index is 0. The summed E-state index contributed by atoms with van der Waals surface area (Å²) in [6, 6.07) is 7.98. The number of hydrogen-bond acceptors (Lipinski definition) is 24. The van der Waals surface area contributed by atoms with Crippen LogP contribution in [0, 0.1) is 5.92 Å². The minimum atomic E-state index is -2.27. The first-order valence-corrected chi connectivity index (χ1v) is 28.5. The Kier molecular flexibility index (Phi) is 21.5. The van der Waals surface area contributed by atoms with Crippen LogP contribution < -0.4 is 15.2 Å². The Balaban J connectivity index is 0.000000259. The number of aliphatic hydroxyl groups is 6. The molecule has 2 aliphatic heterocycles. The van der Waals surface area contributed by atoms with E-state index in [2.05, 4.69) is 22.6 Å². The van der Waals surface area contributed by atoms with Gasteiger partial charge in [0.15, 0.2) is 35.7 Å². The lowest BCUT2D eigenvalue weighted by Crippen LogP contribution is -2.53. The van der Waals surface area contributed by atoms with Crippen LogP contribution in [0.3, 0.4) is 0 Å². The van der Waals surface area contributed by atoms with Crippen LogP contribution in [0.1, 0.15) is 151 Å². The van der Waals surface area contributed by atoms with Crippen molar-refractivity contribution in [3.63, 3.8) is 0 Å². The van der Waals surface area contributed by atoms with Crippen molar-refractivity contribution in [1.29, 1.82) is 0 Å². The number of carbonyl (C=O) groups excluding carboxylic acids is 7. The lowest BCUT2D eigenvalue weighted by atomic mass is 9.72. The number of Topliss-reactive ketones (excluding diaryl/α,β-unsaturated/α-hetero) is 3. The molecule has 0 unspecified atom stereocenters. The van der Waals surface area contributed by atoms with Crippen molar-refractivity contribution < 1.29 is 113 Å². The van der Waals surface area contributed by atoms with E-state index in [1.807, 2.05) is 4.93 Å². The molecule has 0 saturated carbocycles. The summed E-state index contributed by atoms with van der Waals surface area (Å²) >= 11 is 2.15. The monoisotopic (exact) mass is 1340 g/mol. The number of ketones is 7. The van der Waals surface area contributed by atoms with Crippen LogP contribution in [-0.4, -0.2) is 178 Å². The molecule has 12 N–H and O–H groups in total. The third kappa shape index (κ3) is 12.1. The highest BCUT2D eigenvalue weighted by atomic mass is 127. The van der Waals surface area contributed by atoms with E-state index in [0.29, 0.717) is 0 Å². The van der Waals surface area contributed by atoms with Crippen LogP contribution in [0.15, 0.2) is 36.4 Å². The number of phenolic OH excluding ortho intramolecular Hbond substituents is 4. The number of aromatic hydroxyl groups is 4. The number of nitrogens with two attached hydrogens (primary N) is 1. The van der Waals surface area contributed by atoms with Crippen LogP contribution in [0.4, 0.5) is 0 Å². The molecule has 2 fully saturated rings. The van der Waals surface area contributed by atoms with Crippen LogP contribution in [0.5, 0.6) is 34.5 Å². The van der Waals surface area contributed by atoms with E-state index in [9.17, 15) is 84.6 Å². The highest BCUT2D eigenvalue weighted by Gasteiger charge is 2.53. The number of alkyl halides is 1. The van der Waals surface area contributed by atoms with Crippen molar-refractivity contribution in [2.75, 3.05) is 32.4 Å². The molecule has 10 rings (SSSR count). The van der Waals surface area contributed by atoms with Gasteiger partial charge in [0.2, 0.25) is 11.6 Å². The van der Waals surface area contributed by atoms with Gasteiger partial charge in [0.25, 0.3) is 0 Å². The summed E-state index contributed by atoms with van der Waals surface area (Å²) in [6.07, 6.45) is -10.3. The molecule has 12 atom stereocenters. The van der Waals surface area contributed by atoms with Crippen molar-refractivity contribution >= 4 is 89.0 Å². The fourth-order valence-electron chi connectivity index (χ4n) is 12.1. The van der Waals surface area contributed by atoms with Crippen molar-refractivity contribution in [2.45, 2.75) is 132 Å². The Hall–Kier alpha value is -5.70. The van der Waals surface area contributed by atoms with Gasteiger partial charge >= 0.3 is 0 Å². The predicted molar refractivity (Wildman–Crippen MR) is 312 cm³/mol. The van der Waals surface area contributed by atoms with Crippen molar-refractivity contribution in [2.24, 2.45) is 11.7 Å². The molecule has 2 heterocycles. The van der Waals surface area contributed by atoms with Gasteiger partial charge in [-0.2, -0.15) is 13.5 Å². The SMILES string of the molecule is CI.COc1cccc2c1C(=O)c1c(O)c3c(c(O)c1C2=O)C[C@@](O)(C(=O)CO)C[C@@H]3O[C@H]1C[C@H](CC(C)=O)[C@H](O)[C@H](C)O1.COc1cccc2c1C(=O)c1c(O)c3c(c(O)c1C2=O)C[C@@](O)(C(=O)CO)C[C@@H]3O[C@H]1C[C@H](N)[C@H](O)[C@H](C)O1.Cl.S. The molecule has 462 valence electrons. The second-order valence-corrected chi connectivity index (χ2v) is 21.3. The van der Waals surface area contributed by atoms with Crippen LogP contribution in [0.2, 0.25) is 0 Å². The zero-order valence-corrected chi connectivity index (χ0v) is 50.7. The third-order valence-corrected chi connectivity index (χ3v) is 16.2. The fourth-order valence-corrected chi connectivity index (χ4v) is 12.1. The number of hydrogen-bond donors (Lipinski definition) is 11. The van der Waals surface area contributed by atoms with E-state index in [0.717, 1.165) is 0 Å². The van der Waals surface area contributed by atoms with Gasteiger partial charge in [-0.25, -0.2) is 0 Å². The summed E-state index contributed by atoms with van der Waals surface area (Å²) in [5.74, 6) is -8.34. The molecular weight excluding hydrogens is 1270 g/mol. The average molecular weight is 1340 g/mol. The van der Waals surface area contributed by atoms with Crippen LogP contribution in [0.25, 0.3) is 0 Å². The van der Waals surface area contributed by atoms with Crippen molar-refractivity contribution in [3.8, 4) is 34.5 Å². The zero-order valence-electron chi connectivity index (χ0n) is 46.7. The minimum Gasteiger partial charge on any atom is -0.507 e. The van der Waals surface area contributed by atoms with Gasteiger partial charge in [0, 0.05) is 84.4 Å². The number of aliphatic hydroxyl groups excluding tert-OH is 4. The first-order valence-electron chi connectivity index (χ1n) is 26.3. The number of fused-ring (bicyclic) bond motifs is 6. The molecule has 85 heavy (non-hydrogen) atoms. The zero-order chi connectivity index (χ0) is 61.1. The summed E-state index contributed by atoms with van der Waals surface area (Å²) in [6.45, 7) is 2.49. The number of carbonyl (C=O) groups is 7. The Bertz CT molecular complexity index is 3330. The molecule has 0 spiro atoms. The van der Waals surface area contributed by atoms with E-state index in [1.165, 1.54) is 57.5 Å². The van der Waals surface area contributed by atoms with E-state index in [-0.39, 0.29) is 107 Å². The maximum absolute atomic E-state index is 13.7. The van der Waals surface area contributed by atoms with E-state index >= 15 is 0 Å². The number of methoxy groups -OCH3 is 2. The number of halogens is 2. The van der Waals surface area contributed by atoms with Gasteiger partial charge < -0.3 is 90.0 Å². The summed E-state index contributed by atoms with van der Waals surface area (Å²) in [5.41, 5.74) is -1.38. The van der Waals surface area contributed by atoms with E-state index in [4.69, 9.17) is 34.2 Å². The maximum Gasteiger partial charge on any atom is 0.202 e.